The molecule has 2 fully saturated rings. The smallest absolute Gasteiger partial charge is 0.338 e. The molecule has 13 N–H and O–H groups in total. The molecule has 18 aromatic rings. The van der Waals surface area contributed by atoms with Gasteiger partial charge in [-0.15, -0.1) is 0 Å². The lowest BCUT2D eigenvalue weighted by molar-refractivity contribution is 0.101. The molecule has 2 aliphatic heterocycles. The minimum absolute atomic E-state index is 0.251. The lowest BCUT2D eigenvalue weighted by Gasteiger charge is -2.27. The number of carbonyl (C=O) groups is 4. The summed E-state index contributed by atoms with van der Waals surface area (Å²) < 4.78 is 16.2. The number of aromatic amines is 4. The number of amides is 5. The number of benzene rings is 8. The standard InChI is InChI=1S/2C26H21N7O3S.C25H26N8O4S.C25H25N7O4S/c1-16-2-7-20(14-22(16)31-24-28-13-10-21(30-24)18-8-11-27-12-9-18)29-23(34)19-5-3-17(4-6-19)15-33-25(35)32-26(36)37-33;1-16-4-9-20(13-22(16)31-24-28-12-10-21(30-24)19-3-2-11-27-14-19)29-23(34)18-7-5-17(6-8-18)15-33-25(35)32-26(36)37-33;1-16-2-5-19(14-20(16)29-22-26-9-8-21(30-22)32-10-12-37-13-11-32)28-23(34)27-18-6-3-17(4-7-18)15-33-24(35)31-25(36)38-33;1-16-2-7-19(14-20(16)28-23-26-9-8-21(29-23)31-10-12-36-13-11-31)27-22(33)18-5-3-17(4-6-18)15-32-24(34)30-25(35)37-32/h2*2-14H,15H2,1H3,(H,29,34)(H,28,30,31)(H,32,35,36);2-9,14H,10-13,15H2,1H3,(H,26,29,30)(H2,27,28,34)(H,31,35,36);2-9,14H,10-13,15H2,1H3,(H,27,33)(H,26,28,29)(H,30,34,35). The quantitative estimate of drug-likeness (QED) is 0.0217. The molecule has 2 aliphatic rings. The van der Waals surface area contributed by atoms with Crippen molar-refractivity contribution in [1.29, 1.82) is 0 Å². The lowest BCUT2D eigenvalue weighted by Crippen LogP contribution is -2.36. The number of anilines is 15. The number of aryl methyl sites for hydroxylation is 4. The number of pyridine rings is 2. The van der Waals surface area contributed by atoms with Gasteiger partial charge in [0, 0.05) is 201 Å². The second kappa shape index (κ2) is 48.2. The van der Waals surface area contributed by atoms with Crippen molar-refractivity contribution in [2.24, 2.45) is 0 Å². The van der Waals surface area contributed by atoms with E-state index >= 15 is 0 Å². The first-order valence-electron chi connectivity index (χ1n) is 46.1. The van der Waals surface area contributed by atoms with E-state index in [1.54, 1.807) is 147 Å². The summed E-state index contributed by atoms with van der Waals surface area (Å²) in [5, 5.41) is 27.3. The number of rotatable bonds is 28. The van der Waals surface area contributed by atoms with Crippen molar-refractivity contribution in [1.82, 2.24) is 85.6 Å². The fraction of sp³-hybridized carbons (Fsp3) is 0.157. The van der Waals surface area contributed by atoms with Gasteiger partial charge in [0.15, 0.2) is 0 Å². The molecule has 12 heterocycles. The van der Waals surface area contributed by atoms with E-state index in [9.17, 15) is 57.5 Å². The SMILES string of the molecule is Cc1ccc(NC(=O)Nc2ccc(Cn3sc(=O)[nH]c3=O)cc2)cc1Nc1nccc(N2CCOCC2)n1.Cc1ccc(NC(=O)c2ccc(Cn3sc(=O)[nH]c3=O)cc2)cc1Nc1nccc(-c2cccnc2)n1.Cc1ccc(NC(=O)c2ccc(Cn3sc(=O)[nH]c3=O)cc2)cc1Nc1nccc(-c2ccncc2)n1.Cc1ccc(NC(=O)c2ccc(Cn3sc(=O)[nH]c3=O)cc2)cc1Nc1nccc(N2CCOCC2)n1. The number of hydrogen-bond acceptors (Lipinski definition) is 34. The highest BCUT2D eigenvalue weighted by Gasteiger charge is 2.21. The van der Waals surface area contributed by atoms with Crippen LogP contribution in [0.15, 0.2) is 306 Å². The summed E-state index contributed by atoms with van der Waals surface area (Å²) in [5.74, 6) is 2.64. The van der Waals surface area contributed by atoms with Crippen molar-refractivity contribution in [2.75, 3.05) is 110 Å². The van der Waals surface area contributed by atoms with Crippen LogP contribution >= 0.6 is 46.1 Å². The Labute approximate surface area is 861 Å². The molecule has 0 radical (unpaired) electrons. The van der Waals surface area contributed by atoms with Crippen LogP contribution in [0.4, 0.5) is 91.4 Å². The summed E-state index contributed by atoms with van der Waals surface area (Å²) in [4.78, 5) is 199. The normalized spacial score (nSPS) is 12.0. The third-order valence-electron chi connectivity index (χ3n) is 22.8. The van der Waals surface area contributed by atoms with E-state index in [0.717, 1.165) is 174 Å². The first-order valence-corrected chi connectivity index (χ1v) is 49.2. The van der Waals surface area contributed by atoms with Crippen LogP contribution in [0.25, 0.3) is 22.5 Å². The minimum Gasteiger partial charge on any atom is -0.378 e. The van der Waals surface area contributed by atoms with Crippen LogP contribution < -0.4 is 99.9 Å². The maximum atomic E-state index is 12.8. The molecule has 0 unspecified atom stereocenters. The third kappa shape index (κ3) is 28.1. The van der Waals surface area contributed by atoms with Gasteiger partial charge in [-0.2, -0.15) is 9.97 Å². The molecule has 0 atom stereocenters. The largest absolute Gasteiger partial charge is 0.378 e. The van der Waals surface area contributed by atoms with Gasteiger partial charge in [0.25, 0.3) is 17.7 Å². The maximum absolute atomic E-state index is 12.8. The second-order valence-corrected chi connectivity index (χ2v) is 37.4. The van der Waals surface area contributed by atoms with Crippen LogP contribution in [-0.2, 0) is 35.7 Å². The zero-order valence-electron chi connectivity index (χ0n) is 79.9. The zero-order valence-corrected chi connectivity index (χ0v) is 83.2. The predicted octanol–water partition coefficient (Wildman–Crippen LogP) is 13.2. The number of carbonyl (C=O) groups excluding carboxylic acids is 4. The van der Waals surface area contributed by atoms with Crippen LogP contribution in [-0.4, -0.2) is 162 Å². The fourth-order valence-corrected chi connectivity index (χ4v) is 17.7. The Bertz CT molecular complexity index is 8090. The average molecular weight is 2080 g/mol. The predicted molar refractivity (Wildman–Crippen MR) is 574 cm³/mol. The highest BCUT2D eigenvalue weighted by molar-refractivity contribution is 7.04. The van der Waals surface area contributed by atoms with E-state index in [-0.39, 0.29) is 43.9 Å². The summed E-state index contributed by atoms with van der Waals surface area (Å²) in [5.41, 5.74) is 16.1. The Morgan fingerprint density at radius 2 is 0.617 bits per heavy atom. The zero-order chi connectivity index (χ0) is 104. The van der Waals surface area contributed by atoms with Crippen molar-refractivity contribution >= 4 is 156 Å². The molecular formula is C102H93N29O14S4. The van der Waals surface area contributed by atoms with Gasteiger partial charge in [-0.05, 0) is 218 Å². The fourth-order valence-electron chi connectivity index (χ4n) is 15.0. The number of morpholine rings is 2. The Hall–Kier alpha value is -18.6. The molecule has 0 bridgehead atoms. The number of H-pyrrole nitrogens is 4. The number of nitrogens with zero attached hydrogens (tertiary/aromatic N) is 16. The van der Waals surface area contributed by atoms with E-state index in [2.05, 4.69) is 127 Å². The molecule has 149 heavy (non-hydrogen) atoms. The van der Waals surface area contributed by atoms with E-state index in [4.69, 9.17) is 9.47 Å². The maximum Gasteiger partial charge on any atom is 0.338 e. The first-order chi connectivity index (χ1) is 72.2. The number of hydrogen-bond donors (Lipinski definition) is 13. The van der Waals surface area contributed by atoms with Crippen LogP contribution in [0.1, 0.15) is 75.6 Å². The molecule has 0 saturated carbocycles. The lowest BCUT2D eigenvalue weighted by atomic mass is 10.1. The van der Waals surface area contributed by atoms with Gasteiger partial charge < -0.3 is 67.1 Å². The molecule has 10 aromatic heterocycles. The molecule has 47 heteroatoms. The Kier molecular flexibility index (Phi) is 33.0. The van der Waals surface area contributed by atoms with Gasteiger partial charge in [-0.3, -0.25) is 63.5 Å². The molecule has 0 spiro atoms. The van der Waals surface area contributed by atoms with Gasteiger partial charge >= 0.3 is 48.3 Å². The highest BCUT2D eigenvalue weighted by Crippen LogP contribution is 2.32. The van der Waals surface area contributed by atoms with Gasteiger partial charge in [0.05, 0.1) is 64.0 Å². The Balaban J connectivity index is 0.000000135. The van der Waals surface area contributed by atoms with Gasteiger partial charge in [-0.1, -0.05) is 72.8 Å². The van der Waals surface area contributed by atoms with E-state index in [1.165, 1.54) is 15.8 Å². The van der Waals surface area contributed by atoms with Gasteiger partial charge in [-0.25, -0.2) is 69.7 Å². The summed E-state index contributed by atoms with van der Waals surface area (Å²) in [7, 11) is 0. The molecule has 43 nitrogen and oxygen atoms in total. The van der Waals surface area contributed by atoms with E-state index < -0.39 is 48.3 Å². The average Bonchev–Trinajstić information content (AvgIpc) is 1.71. The number of urea groups is 1. The molecule has 20 rings (SSSR count). The monoisotopic (exact) mass is 2080 g/mol. The third-order valence-corrected chi connectivity index (χ3v) is 26.0. The highest BCUT2D eigenvalue weighted by atomic mass is 32.1. The minimum atomic E-state index is -0.449. The van der Waals surface area contributed by atoms with Gasteiger partial charge in [0.2, 0.25) is 23.8 Å². The van der Waals surface area contributed by atoms with E-state index in [1.807, 2.05) is 149 Å². The number of ether oxygens (including phenoxy) is 2. The van der Waals surface area contributed by atoms with Crippen molar-refractivity contribution in [3.8, 4) is 22.5 Å². The summed E-state index contributed by atoms with van der Waals surface area (Å²) in [6, 6.07) is 64.3. The van der Waals surface area contributed by atoms with E-state index in [0.29, 0.717) is 95.3 Å². The molecule has 2 saturated heterocycles. The van der Waals surface area contributed by atoms with Crippen LogP contribution in [0.5, 0.6) is 0 Å². The molecule has 754 valence electrons. The Morgan fingerprint density at radius 3 is 0.940 bits per heavy atom. The molecule has 8 aromatic carbocycles. The summed E-state index contributed by atoms with van der Waals surface area (Å²) >= 11 is 3.29. The summed E-state index contributed by atoms with van der Waals surface area (Å²) in [6.07, 6.45) is 13.7. The second-order valence-electron chi connectivity index (χ2n) is 33.4. The van der Waals surface area contributed by atoms with Crippen molar-refractivity contribution in [3.63, 3.8) is 0 Å². The van der Waals surface area contributed by atoms with Crippen molar-refractivity contribution in [2.45, 2.75) is 53.9 Å². The van der Waals surface area contributed by atoms with Crippen molar-refractivity contribution in [3.05, 3.63) is 410 Å². The van der Waals surface area contributed by atoms with Crippen LogP contribution in [0.3, 0.4) is 0 Å². The Morgan fingerprint density at radius 1 is 0.315 bits per heavy atom. The molecular weight excluding hydrogens is 1980 g/mol. The molecule has 5 amide bonds. The molecule has 0 aliphatic carbocycles. The first kappa shape index (κ1) is 102. The number of nitrogens with one attached hydrogen (secondary N) is 13. The number of aromatic nitrogens is 18. The van der Waals surface area contributed by atoms with Crippen molar-refractivity contribution < 1.29 is 28.7 Å². The summed E-state index contributed by atoms with van der Waals surface area (Å²) in [6.45, 7) is 14.7. The van der Waals surface area contributed by atoms with Crippen LogP contribution in [0.2, 0.25) is 0 Å². The van der Waals surface area contributed by atoms with Gasteiger partial charge in [0.1, 0.15) is 11.6 Å². The van der Waals surface area contributed by atoms with Crippen LogP contribution in [0, 0.1) is 27.7 Å². The topological polar surface area (TPSA) is 550 Å².